The first kappa shape index (κ1) is 10.3. The second kappa shape index (κ2) is 4.98. The predicted molar refractivity (Wildman–Crippen MR) is 43.8 cm³/mol. The number of hydrogen-bond donors (Lipinski definition) is 0. The monoisotopic (exact) mass is 184 g/mol. The molecule has 0 rings (SSSR count). The van der Waals surface area contributed by atoms with Crippen molar-refractivity contribution in [2.75, 3.05) is 24.4 Å². The van der Waals surface area contributed by atoms with E-state index in [0.29, 0.717) is 0 Å². The maximum absolute atomic E-state index is 10.4. The lowest BCUT2D eigenvalue weighted by molar-refractivity contribution is 0.345. The maximum Gasteiger partial charge on any atom is 0.264 e. The van der Waals surface area contributed by atoms with E-state index in [1.165, 1.54) is 0 Å². The van der Waals surface area contributed by atoms with Gasteiger partial charge in [-0.25, -0.2) is 0 Å². The van der Waals surface area contributed by atoms with Crippen LogP contribution in [-0.2, 0) is 14.3 Å². The zero-order valence-electron chi connectivity index (χ0n) is 6.16. The molecule has 0 radical (unpaired) electrons. The highest BCUT2D eigenvalue weighted by molar-refractivity contribution is 7.99. The third-order valence-corrected chi connectivity index (χ3v) is 2.19. The van der Waals surface area contributed by atoms with E-state index in [1.807, 2.05) is 6.92 Å². The molecule has 10 heavy (non-hydrogen) atoms. The molecule has 0 aromatic carbocycles. The molecule has 62 valence electrons. The van der Waals surface area contributed by atoms with Crippen LogP contribution in [0.1, 0.15) is 6.92 Å². The average Bonchev–Trinajstić information content (AvgIpc) is 1.78. The predicted octanol–water partition coefficient (Wildman–Crippen LogP) is 0.716. The Labute approximate surface area is 66.3 Å². The molecular weight excluding hydrogens is 172 g/mol. The highest BCUT2D eigenvalue weighted by Gasteiger charge is 1.98. The Morgan fingerprint density at radius 1 is 1.50 bits per heavy atom. The molecule has 0 heterocycles. The summed E-state index contributed by atoms with van der Waals surface area (Å²) in [4.78, 5) is 0. The van der Waals surface area contributed by atoms with Crippen molar-refractivity contribution in [2.45, 2.75) is 6.92 Å². The molecule has 0 N–H and O–H groups in total. The molecule has 0 aliphatic rings. The van der Waals surface area contributed by atoms with Crippen molar-refractivity contribution in [3.63, 3.8) is 0 Å². The van der Waals surface area contributed by atoms with Gasteiger partial charge in [-0.1, -0.05) is 6.92 Å². The van der Waals surface area contributed by atoms with Crippen LogP contribution in [-0.4, -0.2) is 32.8 Å². The fraction of sp³-hybridized carbons (Fsp3) is 1.00. The molecule has 0 amide bonds. The maximum atomic E-state index is 10.4. The first-order chi connectivity index (χ1) is 4.56. The molecule has 0 aromatic rings. The summed E-state index contributed by atoms with van der Waals surface area (Å²) in [5.74, 6) is 1.73. The second-order valence-electron chi connectivity index (χ2n) is 1.72. The average molecular weight is 184 g/mol. The number of rotatable bonds is 5. The molecule has 0 saturated heterocycles. The van der Waals surface area contributed by atoms with E-state index in [4.69, 9.17) is 0 Å². The van der Waals surface area contributed by atoms with Crippen LogP contribution in [0.2, 0.25) is 0 Å². The van der Waals surface area contributed by atoms with E-state index < -0.39 is 10.1 Å². The van der Waals surface area contributed by atoms with Gasteiger partial charge in [0.1, 0.15) is 0 Å². The molecule has 0 unspecified atom stereocenters. The van der Waals surface area contributed by atoms with E-state index in [0.717, 1.165) is 17.8 Å². The van der Waals surface area contributed by atoms with Gasteiger partial charge in [0.2, 0.25) is 0 Å². The summed E-state index contributed by atoms with van der Waals surface area (Å²) in [5, 5.41) is 0. The molecule has 0 saturated carbocycles. The van der Waals surface area contributed by atoms with Crippen molar-refractivity contribution in [1.29, 1.82) is 0 Å². The Kier molecular flexibility index (Phi) is 5.11. The Bertz CT molecular complexity index is 162. The van der Waals surface area contributed by atoms with Crippen LogP contribution in [0.15, 0.2) is 0 Å². The normalized spacial score (nSPS) is 11.8. The first-order valence-corrected chi connectivity index (χ1v) is 5.95. The van der Waals surface area contributed by atoms with E-state index in [9.17, 15) is 8.42 Å². The summed E-state index contributed by atoms with van der Waals surface area (Å²) in [6.45, 7) is 2.31. The minimum atomic E-state index is -3.22. The largest absolute Gasteiger partial charge is 0.269 e. The molecule has 5 heteroatoms. The van der Waals surface area contributed by atoms with E-state index in [1.54, 1.807) is 11.8 Å². The molecule has 0 aliphatic carbocycles. The molecule has 0 fully saturated rings. The van der Waals surface area contributed by atoms with Crippen molar-refractivity contribution < 1.29 is 12.6 Å². The lowest BCUT2D eigenvalue weighted by Crippen LogP contribution is -2.05. The topological polar surface area (TPSA) is 43.4 Å². The smallest absolute Gasteiger partial charge is 0.264 e. The third kappa shape index (κ3) is 8.26. The molecular formula is C5H12O3S2. The van der Waals surface area contributed by atoms with Crippen LogP contribution >= 0.6 is 11.8 Å². The first-order valence-electron chi connectivity index (χ1n) is 2.98. The molecule has 3 nitrogen and oxygen atoms in total. The van der Waals surface area contributed by atoms with Gasteiger partial charge in [0, 0.05) is 5.75 Å². The summed E-state index contributed by atoms with van der Waals surface area (Å²) >= 11 is 1.66. The van der Waals surface area contributed by atoms with Crippen molar-refractivity contribution in [3.8, 4) is 0 Å². The Morgan fingerprint density at radius 3 is 2.50 bits per heavy atom. The van der Waals surface area contributed by atoms with Gasteiger partial charge in [0.25, 0.3) is 10.1 Å². The highest BCUT2D eigenvalue weighted by atomic mass is 32.2. The molecule has 0 bridgehead atoms. The van der Waals surface area contributed by atoms with Crippen molar-refractivity contribution in [3.05, 3.63) is 0 Å². The molecule has 0 spiro atoms. The fourth-order valence-electron chi connectivity index (χ4n) is 0.389. The van der Waals surface area contributed by atoms with E-state index >= 15 is 0 Å². The van der Waals surface area contributed by atoms with Crippen LogP contribution in [0, 0.1) is 0 Å². The SMILES string of the molecule is CCSCCOS(C)(=O)=O. The van der Waals surface area contributed by atoms with Crippen LogP contribution in [0.3, 0.4) is 0 Å². The summed E-state index contributed by atoms with van der Waals surface area (Å²) in [5.41, 5.74) is 0. The second-order valence-corrected chi connectivity index (χ2v) is 4.76. The zero-order valence-corrected chi connectivity index (χ0v) is 7.80. The van der Waals surface area contributed by atoms with E-state index in [2.05, 4.69) is 4.18 Å². The number of thioether (sulfide) groups is 1. The van der Waals surface area contributed by atoms with Crippen LogP contribution in [0.4, 0.5) is 0 Å². The van der Waals surface area contributed by atoms with Crippen LogP contribution < -0.4 is 0 Å². The summed E-state index contributed by atoms with van der Waals surface area (Å²) < 4.78 is 25.2. The zero-order chi connectivity index (χ0) is 8.04. The van der Waals surface area contributed by atoms with Gasteiger partial charge < -0.3 is 0 Å². The minimum Gasteiger partial charge on any atom is -0.269 e. The summed E-state index contributed by atoms with van der Waals surface area (Å²) in [7, 11) is -3.22. The van der Waals surface area contributed by atoms with Gasteiger partial charge in [0.05, 0.1) is 12.9 Å². The number of hydrogen-bond acceptors (Lipinski definition) is 4. The Morgan fingerprint density at radius 2 is 2.10 bits per heavy atom. The Hall–Kier alpha value is 0.260. The molecule has 0 atom stereocenters. The van der Waals surface area contributed by atoms with Crippen molar-refractivity contribution in [1.82, 2.24) is 0 Å². The summed E-state index contributed by atoms with van der Waals surface area (Å²) in [6, 6.07) is 0. The van der Waals surface area contributed by atoms with Gasteiger partial charge in [-0.2, -0.15) is 20.2 Å². The van der Waals surface area contributed by atoms with Crippen LogP contribution in [0.5, 0.6) is 0 Å². The lowest BCUT2D eigenvalue weighted by atomic mass is 10.9. The Balaban J connectivity index is 3.21. The van der Waals surface area contributed by atoms with Crippen LogP contribution in [0.25, 0.3) is 0 Å². The minimum absolute atomic E-state index is 0.289. The molecule has 0 aromatic heterocycles. The van der Waals surface area contributed by atoms with Crippen molar-refractivity contribution >= 4 is 21.9 Å². The lowest BCUT2D eigenvalue weighted by Gasteiger charge is -1.98. The van der Waals surface area contributed by atoms with Gasteiger partial charge in [-0.05, 0) is 5.75 Å². The standard InChI is InChI=1S/C5H12O3S2/c1-3-9-5-4-8-10(2,6)7/h3-5H2,1-2H3. The van der Waals surface area contributed by atoms with Crippen molar-refractivity contribution in [2.24, 2.45) is 0 Å². The quantitative estimate of drug-likeness (QED) is 0.466. The van der Waals surface area contributed by atoms with Gasteiger partial charge in [-0.3, -0.25) is 4.18 Å². The van der Waals surface area contributed by atoms with Gasteiger partial charge >= 0.3 is 0 Å². The summed E-state index contributed by atoms with van der Waals surface area (Å²) in [6.07, 6.45) is 1.06. The van der Waals surface area contributed by atoms with Gasteiger partial charge in [0.15, 0.2) is 0 Å². The molecule has 0 aliphatic heterocycles. The fourth-order valence-corrected chi connectivity index (χ4v) is 1.37. The van der Waals surface area contributed by atoms with Gasteiger partial charge in [-0.15, -0.1) is 0 Å². The highest BCUT2D eigenvalue weighted by Crippen LogP contribution is 1.98. The third-order valence-electron chi connectivity index (χ3n) is 0.729. The van der Waals surface area contributed by atoms with E-state index in [-0.39, 0.29) is 6.61 Å².